The highest BCUT2D eigenvalue weighted by Crippen LogP contribution is 2.22. The molecule has 5 nitrogen and oxygen atoms in total. The molecule has 1 amide bonds. The van der Waals surface area contributed by atoms with Gasteiger partial charge in [0.25, 0.3) is 0 Å². The lowest BCUT2D eigenvalue weighted by atomic mass is 10.2. The number of ether oxygens (including phenoxy) is 1. The minimum absolute atomic E-state index is 0.0730. The van der Waals surface area contributed by atoms with Crippen molar-refractivity contribution in [2.75, 3.05) is 32.8 Å². The summed E-state index contributed by atoms with van der Waals surface area (Å²) in [6.45, 7) is 8.77. The first-order valence-electron chi connectivity index (χ1n) is 9.05. The predicted octanol–water partition coefficient (Wildman–Crippen LogP) is 2.70. The zero-order valence-corrected chi connectivity index (χ0v) is 15.8. The Morgan fingerprint density at radius 1 is 1.44 bits per heavy atom. The van der Waals surface area contributed by atoms with Crippen LogP contribution in [0.3, 0.4) is 0 Å². The number of aromatic nitrogens is 1. The van der Waals surface area contributed by atoms with E-state index in [1.807, 2.05) is 18.2 Å². The van der Waals surface area contributed by atoms with Gasteiger partial charge in [0.15, 0.2) is 0 Å². The van der Waals surface area contributed by atoms with Crippen molar-refractivity contribution < 1.29 is 9.53 Å². The molecule has 1 aromatic heterocycles. The second-order valence-electron chi connectivity index (χ2n) is 7.03. The third kappa shape index (κ3) is 5.49. The van der Waals surface area contributed by atoms with Crippen LogP contribution in [0.5, 0.6) is 0 Å². The molecule has 0 aliphatic carbocycles. The number of morpholine rings is 1. The number of benzene rings is 1. The molecule has 0 bridgehead atoms. The number of nitrogens with one attached hydrogen (secondary N) is 1. The van der Waals surface area contributed by atoms with Crippen LogP contribution in [-0.2, 0) is 16.0 Å². The average molecular weight is 362 g/mol. The van der Waals surface area contributed by atoms with Crippen LogP contribution in [-0.4, -0.2) is 54.7 Å². The van der Waals surface area contributed by atoms with Crippen molar-refractivity contribution in [3.63, 3.8) is 0 Å². The molecule has 1 atom stereocenters. The molecule has 1 unspecified atom stereocenters. The van der Waals surface area contributed by atoms with Crippen molar-refractivity contribution in [2.45, 2.75) is 32.8 Å². The smallest absolute Gasteiger partial charge is 0.220 e. The van der Waals surface area contributed by atoms with Gasteiger partial charge in [-0.05, 0) is 18.1 Å². The largest absolute Gasteiger partial charge is 0.374 e. The lowest BCUT2D eigenvalue weighted by Crippen LogP contribution is -2.48. The Morgan fingerprint density at radius 3 is 3.08 bits per heavy atom. The Morgan fingerprint density at radius 2 is 2.28 bits per heavy atom. The van der Waals surface area contributed by atoms with Gasteiger partial charge in [0, 0.05) is 39.0 Å². The maximum Gasteiger partial charge on any atom is 0.220 e. The third-order valence-electron chi connectivity index (χ3n) is 4.28. The average Bonchev–Trinajstić information content (AvgIpc) is 3.01. The highest BCUT2D eigenvalue weighted by molar-refractivity contribution is 7.18. The van der Waals surface area contributed by atoms with E-state index in [0.29, 0.717) is 25.3 Å². The molecule has 1 N–H and O–H groups in total. The Bertz CT molecular complexity index is 668. The summed E-state index contributed by atoms with van der Waals surface area (Å²) in [6, 6.07) is 8.09. The van der Waals surface area contributed by atoms with E-state index >= 15 is 0 Å². The summed E-state index contributed by atoms with van der Waals surface area (Å²) in [5.41, 5.74) is 1.02. The van der Waals surface area contributed by atoms with Crippen LogP contribution in [0, 0.1) is 5.92 Å². The number of carbonyl (C=O) groups excluding carboxylic acids is 1. The summed E-state index contributed by atoms with van der Waals surface area (Å²) >= 11 is 1.67. The number of amides is 1. The van der Waals surface area contributed by atoms with Crippen molar-refractivity contribution in [1.29, 1.82) is 0 Å². The fraction of sp³-hybridized carbons (Fsp3) is 0.579. The first-order chi connectivity index (χ1) is 12.1. The van der Waals surface area contributed by atoms with E-state index in [4.69, 9.17) is 4.74 Å². The van der Waals surface area contributed by atoms with Crippen LogP contribution in [0.1, 0.15) is 25.3 Å². The number of hydrogen-bond acceptors (Lipinski definition) is 5. The van der Waals surface area contributed by atoms with Crippen molar-refractivity contribution in [1.82, 2.24) is 15.2 Å². The molecule has 2 aromatic rings. The van der Waals surface area contributed by atoms with E-state index in [0.717, 1.165) is 36.8 Å². The van der Waals surface area contributed by atoms with Crippen molar-refractivity contribution in [2.24, 2.45) is 5.92 Å². The normalized spacial score (nSPS) is 18.8. The summed E-state index contributed by atoms with van der Waals surface area (Å²) in [6.07, 6.45) is 1.26. The minimum Gasteiger partial charge on any atom is -0.374 e. The summed E-state index contributed by atoms with van der Waals surface area (Å²) < 4.78 is 6.96. The zero-order valence-electron chi connectivity index (χ0n) is 15.0. The molecule has 0 radical (unpaired) electrons. The van der Waals surface area contributed by atoms with Crippen molar-refractivity contribution >= 4 is 27.5 Å². The van der Waals surface area contributed by atoms with E-state index in [9.17, 15) is 4.79 Å². The highest BCUT2D eigenvalue weighted by Gasteiger charge is 2.21. The van der Waals surface area contributed by atoms with E-state index in [2.05, 4.69) is 35.1 Å². The van der Waals surface area contributed by atoms with Gasteiger partial charge in [0.1, 0.15) is 0 Å². The molecule has 2 heterocycles. The molecule has 1 fully saturated rings. The van der Waals surface area contributed by atoms with Gasteiger partial charge in [-0.3, -0.25) is 9.69 Å². The summed E-state index contributed by atoms with van der Waals surface area (Å²) in [5.74, 6) is 0.728. The molecule has 1 aliphatic rings. The second kappa shape index (κ2) is 8.74. The van der Waals surface area contributed by atoms with Crippen molar-refractivity contribution in [3.05, 3.63) is 29.3 Å². The van der Waals surface area contributed by atoms with Gasteiger partial charge >= 0.3 is 0 Å². The summed E-state index contributed by atoms with van der Waals surface area (Å²) in [5, 5.41) is 4.04. The number of para-hydroxylation sites is 1. The van der Waals surface area contributed by atoms with Gasteiger partial charge in [0.2, 0.25) is 5.91 Å². The molecular weight excluding hydrogens is 334 g/mol. The van der Waals surface area contributed by atoms with E-state index in [1.165, 1.54) is 4.70 Å². The number of rotatable bonds is 7. The molecule has 6 heteroatoms. The van der Waals surface area contributed by atoms with Gasteiger partial charge in [-0.25, -0.2) is 4.98 Å². The van der Waals surface area contributed by atoms with Gasteiger partial charge < -0.3 is 10.1 Å². The number of thiazole rings is 1. The molecule has 1 aliphatic heterocycles. The monoisotopic (exact) mass is 361 g/mol. The standard InChI is InChI=1S/C19H27N3O2S/c1-14(2)12-22-9-10-24-15(13-22)11-20-18(23)7-8-19-21-16-5-3-4-6-17(16)25-19/h3-6,14-15H,7-13H2,1-2H3,(H,20,23). The fourth-order valence-corrected chi connectivity index (χ4v) is 4.12. The van der Waals surface area contributed by atoms with Crippen LogP contribution in [0.15, 0.2) is 24.3 Å². The van der Waals surface area contributed by atoms with Gasteiger partial charge in [-0.15, -0.1) is 11.3 Å². The molecule has 136 valence electrons. The number of nitrogens with zero attached hydrogens (tertiary/aromatic N) is 2. The van der Waals surface area contributed by atoms with Crippen LogP contribution < -0.4 is 5.32 Å². The SMILES string of the molecule is CC(C)CN1CCOC(CNC(=O)CCc2nc3ccccc3s2)C1. The van der Waals surface area contributed by atoms with Crippen LogP contribution in [0.2, 0.25) is 0 Å². The number of aryl methyl sites for hydroxylation is 1. The number of fused-ring (bicyclic) bond motifs is 1. The predicted molar refractivity (Wildman–Crippen MR) is 102 cm³/mol. The highest BCUT2D eigenvalue weighted by atomic mass is 32.1. The van der Waals surface area contributed by atoms with E-state index < -0.39 is 0 Å². The first kappa shape index (κ1) is 18.3. The van der Waals surface area contributed by atoms with Crippen molar-refractivity contribution in [3.8, 4) is 0 Å². The second-order valence-corrected chi connectivity index (χ2v) is 8.14. The Hall–Kier alpha value is -1.50. The quantitative estimate of drug-likeness (QED) is 0.824. The van der Waals surface area contributed by atoms with Crippen LogP contribution in [0.4, 0.5) is 0 Å². The van der Waals surface area contributed by atoms with E-state index in [-0.39, 0.29) is 12.0 Å². The lowest BCUT2D eigenvalue weighted by molar-refractivity contribution is -0.122. The van der Waals surface area contributed by atoms with E-state index in [1.54, 1.807) is 11.3 Å². The zero-order chi connectivity index (χ0) is 17.6. The molecule has 3 rings (SSSR count). The molecule has 1 aromatic carbocycles. The van der Waals surface area contributed by atoms with Gasteiger partial charge in [0.05, 0.1) is 27.9 Å². The van der Waals surface area contributed by atoms with Crippen LogP contribution >= 0.6 is 11.3 Å². The number of hydrogen-bond donors (Lipinski definition) is 1. The van der Waals surface area contributed by atoms with Gasteiger partial charge in [-0.2, -0.15) is 0 Å². The first-order valence-corrected chi connectivity index (χ1v) is 9.87. The summed E-state index contributed by atoms with van der Waals surface area (Å²) in [7, 11) is 0. The molecule has 0 spiro atoms. The lowest BCUT2D eigenvalue weighted by Gasteiger charge is -2.33. The Kier molecular flexibility index (Phi) is 6.39. The maximum absolute atomic E-state index is 12.1. The Labute approximate surface area is 153 Å². The minimum atomic E-state index is 0.0730. The Balaban J connectivity index is 1.40. The third-order valence-corrected chi connectivity index (χ3v) is 5.37. The van der Waals surface area contributed by atoms with Crippen LogP contribution in [0.25, 0.3) is 10.2 Å². The molecule has 0 saturated carbocycles. The maximum atomic E-state index is 12.1. The molecule has 25 heavy (non-hydrogen) atoms. The fourth-order valence-electron chi connectivity index (χ4n) is 3.15. The summed E-state index contributed by atoms with van der Waals surface area (Å²) in [4.78, 5) is 19.1. The topological polar surface area (TPSA) is 54.5 Å². The van der Waals surface area contributed by atoms with Gasteiger partial charge in [-0.1, -0.05) is 26.0 Å². The number of carbonyl (C=O) groups is 1. The molecular formula is C19H27N3O2S. The molecule has 1 saturated heterocycles.